The van der Waals surface area contributed by atoms with Gasteiger partial charge in [0.25, 0.3) is 5.91 Å². The van der Waals surface area contributed by atoms with Crippen LogP contribution in [0, 0.1) is 0 Å². The van der Waals surface area contributed by atoms with Gasteiger partial charge in [-0.15, -0.1) is 0 Å². The highest BCUT2D eigenvalue weighted by atomic mass is 32.1. The van der Waals surface area contributed by atoms with Gasteiger partial charge in [0.15, 0.2) is 0 Å². The van der Waals surface area contributed by atoms with E-state index in [4.69, 9.17) is 18.0 Å². The molecule has 0 aliphatic heterocycles. The SMILES string of the molecule is CC(CC(N)=S)N(C)C(=O)c1cccnc1. The van der Waals surface area contributed by atoms with Crippen molar-refractivity contribution in [2.45, 2.75) is 19.4 Å². The third-order valence-electron chi connectivity index (χ3n) is 2.39. The number of carbonyl (C=O) groups excluding carboxylic acids is 1. The Labute approximate surface area is 100 Å². The molecule has 0 fully saturated rings. The van der Waals surface area contributed by atoms with E-state index < -0.39 is 0 Å². The Balaban J connectivity index is 2.71. The van der Waals surface area contributed by atoms with Crippen LogP contribution >= 0.6 is 12.2 Å². The first-order valence-electron chi connectivity index (χ1n) is 4.98. The second kappa shape index (κ2) is 5.55. The zero-order valence-electron chi connectivity index (χ0n) is 9.38. The van der Waals surface area contributed by atoms with Crippen LogP contribution in [0.3, 0.4) is 0 Å². The van der Waals surface area contributed by atoms with Crippen molar-refractivity contribution in [2.24, 2.45) is 5.73 Å². The normalized spacial score (nSPS) is 11.9. The molecule has 0 spiro atoms. The van der Waals surface area contributed by atoms with Gasteiger partial charge >= 0.3 is 0 Å². The molecule has 2 N–H and O–H groups in total. The van der Waals surface area contributed by atoms with Crippen molar-refractivity contribution in [3.8, 4) is 0 Å². The van der Waals surface area contributed by atoms with Crippen LogP contribution in [0.4, 0.5) is 0 Å². The van der Waals surface area contributed by atoms with Gasteiger partial charge in [0.2, 0.25) is 0 Å². The molecule has 4 nitrogen and oxygen atoms in total. The number of rotatable bonds is 4. The second-order valence-corrected chi connectivity index (χ2v) is 4.20. The molecular formula is C11H15N3OS. The van der Waals surface area contributed by atoms with E-state index in [9.17, 15) is 4.79 Å². The lowest BCUT2D eigenvalue weighted by atomic mass is 10.2. The molecule has 0 aromatic carbocycles. The zero-order chi connectivity index (χ0) is 12.1. The first kappa shape index (κ1) is 12.6. The molecule has 0 radical (unpaired) electrons. The Morgan fingerprint density at radius 2 is 2.38 bits per heavy atom. The van der Waals surface area contributed by atoms with E-state index in [0.29, 0.717) is 17.0 Å². The maximum absolute atomic E-state index is 12.0. The summed E-state index contributed by atoms with van der Waals surface area (Å²) in [5.41, 5.74) is 6.02. The van der Waals surface area contributed by atoms with Crippen molar-refractivity contribution >= 4 is 23.1 Å². The molecule has 1 amide bonds. The van der Waals surface area contributed by atoms with Crippen molar-refractivity contribution in [1.82, 2.24) is 9.88 Å². The lowest BCUT2D eigenvalue weighted by molar-refractivity contribution is 0.0747. The van der Waals surface area contributed by atoms with Gasteiger partial charge in [-0.2, -0.15) is 0 Å². The minimum absolute atomic E-state index is 0.00907. The van der Waals surface area contributed by atoms with Crippen LogP contribution in [0.15, 0.2) is 24.5 Å². The predicted octanol–water partition coefficient (Wildman–Crippen LogP) is 1.22. The smallest absolute Gasteiger partial charge is 0.255 e. The van der Waals surface area contributed by atoms with Crippen LogP contribution < -0.4 is 5.73 Å². The molecule has 1 atom stereocenters. The molecule has 0 saturated heterocycles. The predicted molar refractivity (Wildman–Crippen MR) is 67.2 cm³/mol. The first-order chi connectivity index (χ1) is 7.52. The van der Waals surface area contributed by atoms with Crippen molar-refractivity contribution in [2.75, 3.05) is 7.05 Å². The van der Waals surface area contributed by atoms with Gasteiger partial charge in [-0.1, -0.05) is 12.2 Å². The summed E-state index contributed by atoms with van der Waals surface area (Å²) in [6, 6.07) is 3.46. The van der Waals surface area contributed by atoms with E-state index in [1.54, 1.807) is 36.5 Å². The number of aromatic nitrogens is 1. The van der Waals surface area contributed by atoms with Gasteiger partial charge in [0.1, 0.15) is 0 Å². The highest BCUT2D eigenvalue weighted by Gasteiger charge is 2.17. The highest BCUT2D eigenvalue weighted by molar-refractivity contribution is 7.80. The minimum Gasteiger partial charge on any atom is -0.393 e. The molecule has 1 heterocycles. The average molecular weight is 237 g/mol. The first-order valence-corrected chi connectivity index (χ1v) is 5.38. The van der Waals surface area contributed by atoms with Crippen LogP contribution in [0.1, 0.15) is 23.7 Å². The standard InChI is InChI=1S/C11H15N3OS/c1-8(6-10(12)16)14(2)11(15)9-4-3-5-13-7-9/h3-5,7-8H,6H2,1-2H3,(H2,12,16). The second-order valence-electron chi connectivity index (χ2n) is 3.68. The van der Waals surface area contributed by atoms with Crippen LogP contribution in [0.2, 0.25) is 0 Å². The van der Waals surface area contributed by atoms with Crippen LogP contribution in [-0.2, 0) is 0 Å². The van der Waals surface area contributed by atoms with Gasteiger partial charge < -0.3 is 10.6 Å². The summed E-state index contributed by atoms with van der Waals surface area (Å²) in [6.45, 7) is 1.91. The van der Waals surface area contributed by atoms with Gasteiger partial charge in [0.05, 0.1) is 10.6 Å². The van der Waals surface area contributed by atoms with Crippen molar-refractivity contribution in [3.63, 3.8) is 0 Å². The van der Waals surface area contributed by atoms with Crippen LogP contribution in [0.5, 0.6) is 0 Å². The molecule has 0 aliphatic rings. The van der Waals surface area contributed by atoms with E-state index in [-0.39, 0.29) is 11.9 Å². The van der Waals surface area contributed by atoms with Crippen molar-refractivity contribution in [1.29, 1.82) is 0 Å². The lowest BCUT2D eigenvalue weighted by Gasteiger charge is -2.24. The maximum atomic E-state index is 12.0. The summed E-state index contributed by atoms with van der Waals surface area (Å²) >= 11 is 4.82. The molecule has 1 aromatic rings. The fraction of sp³-hybridized carbons (Fsp3) is 0.364. The number of hydrogen-bond acceptors (Lipinski definition) is 3. The number of nitrogens with zero attached hydrogens (tertiary/aromatic N) is 2. The summed E-state index contributed by atoms with van der Waals surface area (Å²) in [5.74, 6) is -0.0724. The Bertz CT molecular complexity index is 380. The number of carbonyl (C=O) groups is 1. The summed E-state index contributed by atoms with van der Waals surface area (Å²) in [6.07, 6.45) is 3.71. The third kappa shape index (κ3) is 3.27. The van der Waals surface area contributed by atoms with Gasteiger partial charge in [-0.05, 0) is 19.1 Å². The number of thiocarbonyl (C=S) groups is 1. The molecule has 0 saturated carbocycles. The fourth-order valence-corrected chi connectivity index (χ4v) is 1.56. The van der Waals surface area contributed by atoms with E-state index in [0.717, 1.165) is 0 Å². The maximum Gasteiger partial charge on any atom is 0.255 e. The topological polar surface area (TPSA) is 59.2 Å². The molecule has 1 aromatic heterocycles. The summed E-state index contributed by atoms with van der Waals surface area (Å²) < 4.78 is 0. The van der Waals surface area contributed by atoms with Gasteiger partial charge in [-0.25, -0.2) is 0 Å². The zero-order valence-corrected chi connectivity index (χ0v) is 10.2. The Morgan fingerprint density at radius 3 is 2.88 bits per heavy atom. The average Bonchev–Trinajstić information content (AvgIpc) is 2.27. The summed E-state index contributed by atoms with van der Waals surface area (Å²) in [7, 11) is 1.73. The van der Waals surface area contributed by atoms with Crippen molar-refractivity contribution in [3.05, 3.63) is 30.1 Å². The van der Waals surface area contributed by atoms with Gasteiger partial charge in [-0.3, -0.25) is 9.78 Å². The molecule has 5 heteroatoms. The minimum atomic E-state index is -0.0724. The third-order valence-corrected chi connectivity index (χ3v) is 2.55. The summed E-state index contributed by atoms with van der Waals surface area (Å²) in [5, 5.41) is 0. The molecule has 86 valence electrons. The van der Waals surface area contributed by atoms with E-state index in [2.05, 4.69) is 4.98 Å². The number of amides is 1. The molecule has 16 heavy (non-hydrogen) atoms. The quantitative estimate of drug-likeness (QED) is 0.800. The highest BCUT2D eigenvalue weighted by Crippen LogP contribution is 2.07. The largest absolute Gasteiger partial charge is 0.393 e. The van der Waals surface area contributed by atoms with E-state index in [1.165, 1.54) is 0 Å². The fourth-order valence-electron chi connectivity index (χ4n) is 1.32. The number of hydrogen-bond donors (Lipinski definition) is 1. The lowest BCUT2D eigenvalue weighted by Crippen LogP contribution is -2.37. The molecular weight excluding hydrogens is 222 g/mol. The van der Waals surface area contributed by atoms with Crippen LogP contribution in [0.25, 0.3) is 0 Å². The molecule has 1 unspecified atom stereocenters. The Kier molecular flexibility index (Phi) is 4.37. The monoisotopic (exact) mass is 237 g/mol. The Morgan fingerprint density at radius 1 is 1.69 bits per heavy atom. The number of pyridine rings is 1. The Hall–Kier alpha value is -1.49. The summed E-state index contributed by atoms with van der Waals surface area (Å²) in [4.78, 5) is 17.9. The van der Waals surface area contributed by atoms with E-state index in [1.807, 2.05) is 6.92 Å². The van der Waals surface area contributed by atoms with Crippen LogP contribution in [-0.4, -0.2) is 33.9 Å². The molecule has 0 aliphatic carbocycles. The van der Waals surface area contributed by atoms with E-state index >= 15 is 0 Å². The van der Waals surface area contributed by atoms with Gasteiger partial charge in [0, 0.05) is 31.9 Å². The molecule has 1 rings (SSSR count). The number of nitrogens with two attached hydrogens (primary N) is 1. The van der Waals surface area contributed by atoms with Crippen molar-refractivity contribution < 1.29 is 4.79 Å². The molecule has 0 bridgehead atoms.